The van der Waals surface area contributed by atoms with Gasteiger partial charge in [0, 0.05) is 17.5 Å². The molecule has 144 valence electrons. The monoisotopic (exact) mass is 382 g/mol. The van der Waals surface area contributed by atoms with Crippen LogP contribution >= 0.6 is 15.1 Å². The van der Waals surface area contributed by atoms with E-state index in [0.29, 0.717) is 11.3 Å². The predicted molar refractivity (Wildman–Crippen MR) is 113 cm³/mol. The first-order valence-corrected chi connectivity index (χ1v) is 15.3. The molecule has 0 aliphatic heterocycles. The summed E-state index contributed by atoms with van der Waals surface area (Å²) in [5.41, 5.74) is 3.39. The van der Waals surface area contributed by atoms with Crippen LogP contribution in [0.4, 0.5) is 0 Å². The van der Waals surface area contributed by atoms with Crippen LogP contribution in [0, 0.1) is 0 Å². The Morgan fingerprint density at radius 2 is 0.960 bits per heavy atom. The molecule has 0 saturated heterocycles. The molecule has 0 heterocycles. The van der Waals surface area contributed by atoms with Crippen LogP contribution in [-0.4, -0.2) is 35.0 Å². The summed E-state index contributed by atoms with van der Waals surface area (Å²) in [5.74, 6) is 0. The lowest BCUT2D eigenvalue weighted by atomic mass is 10.4. The van der Waals surface area contributed by atoms with E-state index >= 15 is 0 Å². The van der Waals surface area contributed by atoms with E-state index in [1.54, 1.807) is 0 Å². The van der Waals surface area contributed by atoms with Crippen LogP contribution in [0.15, 0.2) is 0 Å². The van der Waals surface area contributed by atoms with Gasteiger partial charge in [0.05, 0.1) is 7.14 Å². The molecule has 0 aromatic carbocycles. The smallest absolute Gasteiger partial charge is 0.0939 e. The molecule has 0 amide bonds. The van der Waals surface area contributed by atoms with E-state index in [-0.39, 0.29) is 7.92 Å². The van der Waals surface area contributed by atoms with Gasteiger partial charge in [0.2, 0.25) is 0 Å². The zero-order valence-corrected chi connectivity index (χ0v) is 18.1. The van der Waals surface area contributed by atoms with Gasteiger partial charge in [-0.1, -0.05) is 59.3 Å². The molecule has 4 saturated carbocycles. The molecule has 4 aliphatic rings. The second-order valence-corrected chi connectivity index (χ2v) is 16.1. The second-order valence-electron chi connectivity index (χ2n) is 9.57. The zero-order chi connectivity index (χ0) is 17.1. The van der Waals surface area contributed by atoms with Gasteiger partial charge in [-0.2, -0.15) is 0 Å². The van der Waals surface area contributed by atoms with Gasteiger partial charge in [-0.3, -0.25) is 0 Å². The van der Waals surface area contributed by atoms with Gasteiger partial charge < -0.3 is 4.57 Å². The van der Waals surface area contributed by atoms with Crippen molar-refractivity contribution in [1.29, 1.82) is 0 Å². The lowest BCUT2D eigenvalue weighted by Crippen LogP contribution is -2.21. The normalized spacial score (nSPS) is 28.0. The van der Waals surface area contributed by atoms with Crippen LogP contribution < -0.4 is 0 Å². The molecule has 25 heavy (non-hydrogen) atoms. The van der Waals surface area contributed by atoms with Crippen molar-refractivity contribution >= 4 is 15.1 Å². The average Bonchev–Trinajstić information content (AvgIpc) is 3.45. The first-order valence-electron chi connectivity index (χ1n) is 11.6. The Bertz CT molecular complexity index is 417. The minimum absolute atomic E-state index is 0.172. The van der Waals surface area contributed by atoms with Crippen LogP contribution in [0.1, 0.15) is 103 Å². The van der Waals surface area contributed by atoms with Crippen molar-refractivity contribution < 1.29 is 4.57 Å². The topological polar surface area (TPSA) is 17.1 Å². The summed E-state index contributed by atoms with van der Waals surface area (Å²) in [7, 11) is -1.76. The van der Waals surface area contributed by atoms with Gasteiger partial charge in [0.25, 0.3) is 0 Å². The largest absolute Gasteiger partial charge is 0.323 e. The van der Waals surface area contributed by atoms with E-state index in [2.05, 4.69) is 0 Å². The standard InChI is InChI=1S/C22H40OP2/c23-25(21-13-5-6-14-21,22-15-7-8-16-22)18-17-24(19-9-1-2-10-19)20-11-3-4-12-20/h19-22H,1-18H2. The van der Waals surface area contributed by atoms with Crippen LogP contribution in [0.25, 0.3) is 0 Å². The van der Waals surface area contributed by atoms with E-state index < -0.39 is 7.14 Å². The third-order valence-electron chi connectivity index (χ3n) is 8.18. The van der Waals surface area contributed by atoms with E-state index in [4.69, 9.17) is 0 Å². The molecule has 4 fully saturated rings. The number of hydrogen-bond donors (Lipinski definition) is 0. The molecular formula is C22H40OP2. The second kappa shape index (κ2) is 8.78. The minimum Gasteiger partial charge on any atom is -0.323 e. The maximum Gasteiger partial charge on any atom is 0.0939 e. The molecule has 0 atom stereocenters. The van der Waals surface area contributed by atoms with Crippen LogP contribution in [-0.2, 0) is 4.57 Å². The highest BCUT2D eigenvalue weighted by molar-refractivity contribution is 7.67. The first kappa shape index (κ1) is 19.0. The van der Waals surface area contributed by atoms with Crippen molar-refractivity contribution in [2.75, 3.05) is 12.3 Å². The molecule has 1 nitrogen and oxygen atoms in total. The molecule has 4 rings (SSSR count). The highest BCUT2D eigenvalue weighted by atomic mass is 31.2. The van der Waals surface area contributed by atoms with E-state index in [9.17, 15) is 4.57 Å². The predicted octanol–water partition coefficient (Wildman–Crippen LogP) is 7.60. The molecule has 3 heteroatoms. The van der Waals surface area contributed by atoms with E-state index in [0.717, 1.165) is 11.3 Å². The highest BCUT2D eigenvalue weighted by Gasteiger charge is 2.43. The quantitative estimate of drug-likeness (QED) is 0.414. The van der Waals surface area contributed by atoms with Crippen molar-refractivity contribution in [3.8, 4) is 0 Å². The summed E-state index contributed by atoms with van der Waals surface area (Å²) in [6, 6.07) is 0. The van der Waals surface area contributed by atoms with Crippen molar-refractivity contribution in [3.63, 3.8) is 0 Å². The molecule has 0 N–H and O–H groups in total. The summed E-state index contributed by atoms with van der Waals surface area (Å²) >= 11 is 0. The van der Waals surface area contributed by atoms with Gasteiger partial charge in [0.15, 0.2) is 0 Å². The molecule has 0 bridgehead atoms. The number of hydrogen-bond acceptors (Lipinski definition) is 1. The van der Waals surface area contributed by atoms with Gasteiger partial charge in [-0.15, -0.1) is 0 Å². The van der Waals surface area contributed by atoms with Gasteiger partial charge >= 0.3 is 0 Å². The molecule has 0 unspecified atom stereocenters. The fourth-order valence-corrected chi connectivity index (χ4v) is 16.1. The van der Waals surface area contributed by atoms with Crippen molar-refractivity contribution in [2.24, 2.45) is 0 Å². The van der Waals surface area contributed by atoms with Gasteiger partial charge in [-0.25, -0.2) is 0 Å². The Labute approximate surface area is 157 Å². The van der Waals surface area contributed by atoms with Gasteiger partial charge in [0.1, 0.15) is 0 Å². The third-order valence-corrected chi connectivity index (χ3v) is 16.6. The van der Waals surface area contributed by atoms with Crippen LogP contribution in [0.5, 0.6) is 0 Å². The van der Waals surface area contributed by atoms with E-state index in [1.165, 1.54) is 115 Å². The Hall–Kier alpha value is 0.660. The SMILES string of the molecule is O=P(CCP(C1CCCC1)C1CCCC1)(C1CCCC1)C1CCCC1. The summed E-state index contributed by atoms with van der Waals surface area (Å²) in [5, 5.41) is 0. The maximum absolute atomic E-state index is 14.4. The lowest BCUT2D eigenvalue weighted by molar-refractivity contribution is 0.550. The van der Waals surface area contributed by atoms with Crippen LogP contribution in [0.3, 0.4) is 0 Å². The third kappa shape index (κ3) is 4.24. The minimum atomic E-state index is -1.93. The van der Waals surface area contributed by atoms with Crippen molar-refractivity contribution in [3.05, 3.63) is 0 Å². The highest BCUT2D eigenvalue weighted by Crippen LogP contribution is 2.66. The zero-order valence-electron chi connectivity index (χ0n) is 16.3. The summed E-state index contributed by atoms with van der Waals surface area (Å²) in [4.78, 5) is 0. The molecule has 0 radical (unpaired) electrons. The maximum atomic E-state index is 14.4. The Balaban J connectivity index is 1.46. The van der Waals surface area contributed by atoms with Crippen LogP contribution in [0.2, 0.25) is 0 Å². The Morgan fingerprint density at radius 1 is 0.600 bits per heavy atom. The first-order chi connectivity index (χ1) is 12.3. The summed E-state index contributed by atoms with van der Waals surface area (Å²) in [6.07, 6.45) is 25.2. The Morgan fingerprint density at radius 3 is 1.36 bits per heavy atom. The lowest BCUT2D eigenvalue weighted by Gasteiger charge is -2.35. The molecular weight excluding hydrogens is 342 g/mol. The van der Waals surface area contributed by atoms with Crippen molar-refractivity contribution in [1.82, 2.24) is 0 Å². The molecule has 4 aliphatic carbocycles. The van der Waals surface area contributed by atoms with Crippen molar-refractivity contribution in [2.45, 2.75) is 125 Å². The number of rotatable bonds is 7. The Kier molecular flexibility index (Phi) is 6.67. The van der Waals surface area contributed by atoms with E-state index in [1.807, 2.05) is 0 Å². The summed E-state index contributed by atoms with van der Waals surface area (Å²) < 4.78 is 14.4. The fourth-order valence-electron chi connectivity index (χ4n) is 6.75. The molecule has 0 spiro atoms. The average molecular weight is 383 g/mol. The molecule has 0 aromatic rings. The fraction of sp³-hybridized carbons (Fsp3) is 1.00. The molecule has 0 aromatic heterocycles. The summed E-state index contributed by atoms with van der Waals surface area (Å²) in [6.45, 7) is 0. The van der Waals surface area contributed by atoms with Gasteiger partial charge in [-0.05, 0) is 68.8 Å².